The number of carbonyl (C=O) groups excluding carboxylic acids is 3. The number of carbonyl (C=O) groups is 3. The minimum absolute atomic E-state index is 0.00775. The van der Waals surface area contributed by atoms with Crippen LogP contribution < -0.4 is 16.0 Å². The molecule has 1 aromatic heterocycles. The van der Waals surface area contributed by atoms with E-state index >= 15 is 0 Å². The maximum Gasteiger partial charge on any atom is 0.245 e. The first-order valence-corrected chi connectivity index (χ1v) is 15.3. The second-order valence-corrected chi connectivity index (χ2v) is 12.6. The average molecular weight is 604 g/mol. The van der Waals surface area contributed by atoms with Crippen LogP contribution in [-0.2, 0) is 32.0 Å². The summed E-state index contributed by atoms with van der Waals surface area (Å²) < 4.78 is 33.8. The molecule has 3 aliphatic heterocycles. The molecule has 0 saturated carbocycles. The number of anilines is 1. The molecule has 3 amide bonds. The monoisotopic (exact) mass is 603 g/mol. The highest BCUT2D eigenvalue weighted by atomic mass is 19.1. The zero-order chi connectivity index (χ0) is 30.6. The lowest BCUT2D eigenvalue weighted by molar-refractivity contribution is -0.152. The number of nitrogens with zero attached hydrogens (tertiary/aromatic N) is 2. The van der Waals surface area contributed by atoms with Gasteiger partial charge in [-0.2, -0.15) is 0 Å². The van der Waals surface area contributed by atoms with E-state index in [1.165, 1.54) is 17.0 Å². The average Bonchev–Trinajstić information content (AvgIpc) is 3.52. The molecule has 0 radical (unpaired) electrons. The van der Waals surface area contributed by atoms with E-state index in [9.17, 15) is 23.2 Å². The lowest BCUT2D eigenvalue weighted by atomic mass is 9.75. The van der Waals surface area contributed by atoms with Crippen LogP contribution in [0.5, 0.6) is 0 Å². The van der Waals surface area contributed by atoms with E-state index in [-0.39, 0.29) is 30.5 Å². The highest BCUT2D eigenvalue weighted by Crippen LogP contribution is 2.50. The molecule has 11 heteroatoms. The van der Waals surface area contributed by atoms with Gasteiger partial charge in [-0.1, -0.05) is 19.1 Å². The minimum atomic E-state index is -0.902. The number of hydrogen-bond acceptors (Lipinski definition) is 6. The Morgan fingerprint density at radius 3 is 2.61 bits per heavy atom. The molecule has 3 N–H and O–H groups in total. The Morgan fingerprint density at radius 2 is 1.86 bits per heavy atom. The Labute approximate surface area is 254 Å². The fourth-order valence-corrected chi connectivity index (χ4v) is 7.67. The van der Waals surface area contributed by atoms with Crippen LogP contribution in [0.25, 0.3) is 0 Å². The number of nitrogens with one attached hydrogen (secondary N) is 3. The van der Waals surface area contributed by atoms with Gasteiger partial charge in [0.1, 0.15) is 29.5 Å². The molecular weight excluding hydrogens is 568 g/mol. The highest BCUT2D eigenvalue weighted by molar-refractivity contribution is 5.97. The lowest BCUT2D eigenvalue weighted by Crippen LogP contribution is -2.67. The van der Waals surface area contributed by atoms with Crippen LogP contribution in [-0.4, -0.2) is 59.4 Å². The normalized spacial score (nSPS) is 27.1. The van der Waals surface area contributed by atoms with Crippen LogP contribution in [0.2, 0.25) is 0 Å². The zero-order valence-electron chi connectivity index (χ0n) is 24.6. The summed E-state index contributed by atoms with van der Waals surface area (Å²) in [7, 11) is 0. The van der Waals surface area contributed by atoms with Gasteiger partial charge in [0, 0.05) is 43.6 Å². The van der Waals surface area contributed by atoms with E-state index in [0.29, 0.717) is 50.6 Å². The predicted octanol–water partition coefficient (Wildman–Crippen LogP) is 3.48. The number of aromatic nitrogens is 1. The maximum atomic E-state index is 14.2. The summed E-state index contributed by atoms with van der Waals surface area (Å²) >= 11 is 0. The number of hydrogen-bond donors (Lipinski definition) is 3. The molecule has 2 aliphatic carbocycles. The van der Waals surface area contributed by atoms with Crippen LogP contribution in [0.4, 0.5) is 14.6 Å². The number of amides is 3. The van der Waals surface area contributed by atoms with Gasteiger partial charge in [0.05, 0.1) is 11.5 Å². The molecule has 2 saturated heterocycles. The molecule has 0 bridgehead atoms. The van der Waals surface area contributed by atoms with Crippen LogP contribution in [0.3, 0.4) is 0 Å². The first kappa shape index (κ1) is 28.8. The van der Waals surface area contributed by atoms with Crippen molar-refractivity contribution in [3.05, 3.63) is 82.2 Å². The van der Waals surface area contributed by atoms with Crippen LogP contribution in [0.15, 0.2) is 53.9 Å². The fraction of sp³-hybridized carbons (Fsp3) is 0.455. The van der Waals surface area contributed by atoms with Gasteiger partial charge in [-0.25, -0.2) is 13.8 Å². The number of fused-ring (bicyclic) bond motifs is 2. The molecule has 44 heavy (non-hydrogen) atoms. The molecule has 2 spiro atoms. The first-order chi connectivity index (χ1) is 21.2. The van der Waals surface area contributed by atoms with Gasteiger partial charge in [-0.05, 0) is 79.0 Å². The first-order valence-electron chi connectivity index (χ1n) is 15.3. The zero-order valence-corrected chi connectivity index (χ0v) is 24.6. The van der Waals surface area contributed by atoms with Crippen LogP contribution >= 0.6 is 0 Å². The summed E-state index contributed by atoms with van der Waals surface area (Å²) in [4.78, 5) is 46.6. The van der Waals surface area contributed by atoms with Crippen molar-refractivity contribution in [3.63, 3.8) is 0 Å². The molecule has 3 atom stereocenters. The van der Waals surface area contributed by atoms with Crippen LogP contribution in [0, 0.1) is 23.0 Å². The molecule has 5 aliphatic rings. The number of rotatable bonds is 5. The highest BCUT2D eigenvalue weighted by Gasteiger charge is 2.53. The number of pyridine rings is 1. The van der Waals surface area contributed by atoms with Crippen molar-refractivity contribution in [2.24, 2.45) is 11.3 Å². The third kappa shape index (κ3) is 4.73. The van der Waals surface area contributed by atoms with E-state index < -0.39 is 34.5 Å². The minimum Gasteiger partial charge on any atom is -0.381 e. The van der Waals surface area contributed by atoms with E-state index in [1.54, 1.807) is 12.3 Å². The Balaban J connectivity index is 1.11. The molecule has 2 aromatic rings. The van der Waals surface area contributed by atoms with Gasteiger partial charge < -0.3 is 25.6 Å². The Morgan fingerprint density at radius 1 is 1.11 bits per heavy atom. The Kier molecular flexibility index (Phi) is 7.12. The molecule has 2 unspecified atom stereocenters. The largest absolute Gasteiger partial charge is 0.381 e. The van der Waals surface area contributed by atoms with Gasteiger partial charge in [0.25, 0.3) is 0 Å². The SMILES string of the molecule is CC[C@H]1CC=CC2=C1NC(=O)C21Cc2cnc(NC(=O)CN3C(=O)C4(CCOCC4)NCC3c3cc(F)cc(F)c3)cc2C1. The third-order valence-electron chi connectivity index (χ3n) is 10.0. The molecule has 9 nitrogen and oxygen atoms in total. The van der Waals surface area contributed by atoms with Crippen molar-refractivity contribution in [3.8, 4) is 0 Å². The summed E-state index contributed by atoms with van der Waals surface area (Å²) in [5, 5.41) is 9.30. The Hall–Kier alpha value is -3.96. The molecule has 7 rings (SSSR count). The van der Waals surface area contributed by atoms with E-state index in [4.69, 9.17) is 4.74 Å². The maximum absolute atomic E-state index is 14.2. The smallest absolute Gasteiger partial charge is 0.245 e. The second kappa shape index (κ2) is 10.9. The van der Waals surface area contributed by atoms with Crippen molar-refractivity contribution in [1.29, 1.82) is 0 Å². The second-order valence-electron chi connectivity index (χ2n) is 12.6. The van der Waals surface area contributed by atoms with Gasteiger partial charge in [0.15, 0.2) is 0 Å². The number of allylic oxidation sites excluding steroid dienone is 3. The predicted molar refractivity (Wildman–Crippen MR) is 157 cm³/mol. The summed E-state index contributed by atoms with van der Waals surface area (Å²) in [5.41, 5.74) is 2.69. The number of halogens is 2. The molecule has 2 fully saturated rings. The molecule has 1 aromatic carbocycles. The van der Waals surface area contributed by atoms with Crippen molar-refractivity contribution in [1.82, 2.24) is 20.5 Å². The fourth-order valence-electron chi connectivity index (χ4n) is 7.67. The van der Waals surface area contributed by atoms with E-state index in [0.717, 1.165) is 41.3 Å². The standard InChI is InChI=1S/C33H35F2N5O4/c1-2-19-4-3-5-25-29(19)39-30(42)32(25)14-21-12-27(36-16-22(21)15-32)38-28(41)18-40-26(20-10-23(34)13-24(35)11-20)17-37-33(31(40)43)6-8-44-9-7-33/h3,5,10-13,16,19,26,37H,2,4,6-9,14-15,17-18H2,1H3,(H,39,42)(H,36,38,41)/t19-,26?,32?/m0/s1. The van der Waals surface area contributed by atoms with Crippen molar-refractivity contribution in [2.45, 2.75) is 57.0 Å². The van der Waals surface area contributed by atoms with Crippen molar-refractivity contribution >= 4 is 23.5 Å². The van der Waals surface area contributed by atoms with Crippen LogP contribution in [0.1, 0.15) is 55.3 Å². The Bertz CT molecular complexity index is 1600. The summed E-state index contributed by atoms with van der Waals surface area (Å²) in [6, 6.07) is 4.21. The van der Waals surface area contributed by atoms with Gasteiger partial charge in [-0.15, -0.1) is 0 Å². The lowest BCUT2D eigenvalue weighted by Gasteiger charge is -2.48. The number of benzene rings is 1. The van der Waals surface area contributed by atoms with Crippen molar-refractivity contribution in [2.75, 3.05) is 31.6 Å². The molecule has 230 valence electrons. The quantitative estimate of drug-likeness (QED) is 0.483. The van der Waals surface area contributed by atoms with Gasteiger partial charge in [-0.3, -0.25) is 14.4 Å². The van der Waals surface area contributed by atoms with Gasteiger partial charge >= 0.3 is 0 Å². The molecular formula is C33H35F2N5O4. The van der Waals surface area contributed by atoms with Crippen molar-refractivity contribution < 1.29 is 27.9 Å². The number of piperazine rings is 1. The third-order valence-corrected chi connectivity index (χ3v) is 10.0. The summed E-state index contributed by atoms with van der Waals surface area (Å²) in [5.74, 6) is -1.66. The van der Waals surface area contributed by atoms with E-state index in [1.807, 2.05) is 0 Å². The van der Waals surface area contributed by atoms with Gasteiger partial charge in [0.2, 0.25) is 17.7 Å². The topological polar surface area (TPSA) is 113 Å². The summed E-state index contributed by atoms with van der Waals surface area (Å²) in [6.45, 7) is 2.82. The summed E-state index contributed by atoms with van der Waals surface area (Å²) in [6.07, 6.45) is 9.72. The van der Waals surface area contributed by atoms with E-state index in [2.05, 4.69) is 40.0 Å². The molecule has 4 heterocycles. The number of ether oxygens (including phenoxy) is 1.